The van der Waals surface area contributed by atoms with Crippen molar-refractivity contribution in [3.8, 4) is 0 Å². The van der Waals surface area contributed by atoms with Crippen LogP contribution in [0.4, 0.5) is 11.4 Å². The van der Waals surface area contributed by atoms with E-state index >= 15 is 0 Å². The number of benzene rings is 1. The van der Waals surface area contributed by atoms with Crippen LogP contribution in [-0.4, -0.2) is 23.0 Å². The largest absolute Gasteiger partial charge is 0.383 e. The lowest BCUT2D eigenvalue weighted by Crippen LogP contribution is -2.12. The molecule has 0 saturated carbocycles. The Morgan fingerprint density at radius 2 is 2.31 bits per heavy atom. The first-order valence-corrected chi connectivity index (χ1v) is 6.41. The number of hydrogen-bond donors (Lipinski definition) is 1. The predicted octanol–water partition coefficient (Wildman–Crippen LogP) is 3.41. The highest BCUT2D eigenvalue weighted by atomic mass is 35.5. The molecule has 0 heterocycles. The van der Waals surface area contributed by atoms with Gasteiger partial charge in [0.2, 0.25) is 0 Å². The number of anilines is 1. The SMILES string of the molecule is CSC(C)CNc1ccc([N+](=O)[O-])cc1Cl. The summed E-state index contributed by atoms with van der Waals surface area (Å²) in [6, 6.07) is 4.43. The summed E-state index contributed by atoms with van der Waals surface area (Å²) in [4.78, 5) is 10.0. The van der Waals surface area contributed by atoms with Crippen LogP contribution in [0.1, 0.15) is 6.92 Å². The van der Waals surface area contributed by atoms with Crippen LogP contribution >= 0.6 is 23.4 Å². The summed E-state index contributed by atoms with van der Waals surface area (Å²) >= 11 is 7.67. The molecule has 4 nitrogen and oxygen atoms in total. The zero-order chi connectivity index (χ0) is 12.1. The summed E-state index contributed by atoms with van der Waals surface area (Å²) in [5.74, 6) is 0. The van der Waals surface area contributed by atoms with E-state index in [0.717, 1.165) is 12.2 Å². The molecule has 0 radical (unpaired) electrons. The van der Waals surface area contributed by atoms with Gasteiger partial charge in [0.25, 0.3) is 5.69 Å². The number of thioether (sulfide) groups is 1. The molecule has 0 aliphatic rings. The van der Waals surface area contributed by atoms with Gasteiger partial charge >= 0.3 is 0 Å². The van der Waals surface area contributed by atoms with Crippen LogP contribution in [0.3, 0.4) is 0 Å². The molecule has 6 heteroatoms. The van der Waals surface area contributed by atoms with Gasteiger partial charge in [-0.15, -0.1) is 0 Å². The molecule has 1 N–H and O–H groups in total. The number of hydrogen-bond acceptors (Lipinski definition) is 4. The summed E-state index contributed by atoms with van der Waals surface area (Å²) in [7, 11) is 0. The zero-order valence-corrected chi connectivity index (χ0v) is 10.6. The molecule has 0 bridgehead atoms. The highest BCUT2D eigenvalue weighted by molar-refractivity contribution is 7.99. The molecule has 16 heavy (non-hydrogen) atoms. The quantitative estimate of drug-likeness (QED) is 0.651. The molecule has 1 aromatic carbocycles. The lowest BCUT2D eigenvalue weighted by atomic mass is 10.3. The molecule has 0 aromatic heterocycles. The van der Waals surface area contributed by atoms with Crippen molar-refractivity contribution in [3.63, 3.8) is 0 Å². The van der Waals surface area contributed by atoms with Gasteiger partial charge in [0.15, 0.2) is 0 Å². The summed E-state index contributed by atoms with van der Waals surface area (Å²) in [5, 5.41) is 14.5. The lowest BCUT2D eigenvalue weighted by molar-refractivity contribution is -0.384. The molecule has 1 rings (SSSR count). The van der Waals surface area contributed by atoms with Crippen LogP contribution in [0.15, 0.2) is 18.2 Å². The molecule has 0 amide bonds. The maximum atomic E-state index is 10.5. The Bertz CT molecular complexity index is 387. The topological polar surface area (TPSA) is 55.2 Å². The van der Waals surface area contributed by atoms with Gasteiger partial charge in [-0.1, -0.05) is 18.5 Å². The third kappa shape index (κ3) is 3.57. The number of rotatable bonds is 5. The zero-order valence-electron chi connectivity index (χ0n) is 9.07. The van der Waals surface area contributed by atoms with Gasteiger partial charge in [0.1, 0.15) is 0 Å². The minimum Gasteiger partial charge on any atom is -0.383 e. The third-order valence-electron chi connectivity index (χ3n) is 2.15. The molecule has 0 spiro atoms. The molecule has 0 aliphatic heterocycles. The number of halogens is 1. The van der Waals surface area contributed by atoms with Crippen LogP contribution in [0.5, 0.6) is 0 Å². The maximum Gasteiger partial charge on any atom is 0.271 e. The average Bonchev–Trinajstić information content (AvgIpc) is 2.26. The highest BCUT2D eigenvalue weighted by Crippen LogP contribution is 2.26. The van der Waals surface area contributed by atoms with Crippen molar-refractivity contribution in [1.29, 1.82) is 0 Å². The van der Waals surface area contributed by atoms with Gasteiger partial charge in [0, 0.05) is 23.9 Å². The Kier molecular flexibility index (Phi) is 4.89. The minimum atomic E-state index is -0.458. The molecular weight excluding hydrogens is 248 g/mol. The van der Waals surface area contributed by atoms with Gasteiger partial charge in [0.05, 0.1) is 15.6 Å². The maximum absolute atomic E-state index is 10.5. The molecule has 0 aliphatic carbocycles. The van der Waals surface area contributed by atoms with Crippen LogP contribution < -0.4 is 5.32 Å². The molecule has 1 aromatic rings. The van der Waals surface area contributed by atoms with E-state index in [4.69, 9.17) is 11.6 Å². The number of nitrogens with zero attached hydrogens (tertiary/aromatic N) is 1. The van der Waals surface area contributed by atoms with E-state index in [9.17, 15) is 10.1 Å². The van der Waals surface area contributed by atoms with E-state index in [1.165, 1.54) is 12.1 Å². The first-order valence-electron chi connectivity index (χ1n) is 4.75. The molecule has 0 fully saturated rings. The summed E-state index contributed by atoms with van der Waals surface area (Å²) in [5.41, 5.74) is 0.738. The molecular formula is C10H13ClN2O2S. The van der Waals surface area contributed by atoms with Crippen LogP contribution in [0.25, 0.3) is 0 Å². The molecule has 0 saturated heterocycles. The van der Waals surface area contributed by atoms with E-state index in [2.05, 4.69) is 12.2 Å². The van der Waals surface area contributed by atoms with E-state index in [1.807, 2.05) is 6.26 Å². The van der Waals surface area contributed by atoms with Crippen LogP contribution in [-0.2, 0) is 0 Å². The number of nitro groups is 1. The number of non-ortho nitro benzene ring substituents is 1. The van der Waals surface area contributed by atoms with Gasteiger partial charge in [-0.05, 0) is 12.3 Å². The summed E-state index contributed by atoms with van der Waals surface area (Å²) in [6.07, 6.45) is 2.03. The Hall–Kier alpha value is -0.940. The van der Waals surface area contributed by atoms with Crippen molar-refractivity contribution < 1.29 is 4.92 Å². The molecule has 1 atom stereocenters. The number of nitrogens with one attached hydrogen (secondary N) is 1. The third-order valence-corrected chi connectivity index (χ3v) is 3.43. The van der Waals surface area contributed by atoms with Crippen LogP contribution in [0, 0.1) is 10.1 Å². The predicted molar refractivity (Wildman–Crippen MR) is 69.6 cm³/mol. The fraction of sp³-hybridized carbons (Fsp3) is 0.400. The van der Waals surface area contributed by atoms with E-state index < -0.39 is 4.92 Å². The second kappa shape index (κ2) is 5.96. The first-order chi connectivity index (χ1) is 7.54. The second-order valence-electron chi connectivity index (χ2n) is 3.35. The van der Waals surface area contributed by atoms with Crippen molar-refractivity contribution in [2.24, 2.45) is 0 Å². The van der Waals surface area contributed by atoms with Gasteiger partial charge in [-0.3, -0.25) is 10.1 Å². The lowest BCUT2D eigenvalue weighted by Gasteiger charge is -2.11. The minimum absolute atomic E-state index is 0.00784. The summed E-state index contributed by atoms with van der Waals surface area (Å²) < 4.78 is 0. The van der Waals surface area contributed by atoms with Crippen molar-refractivity contribution in [2.45, 2.75) is 12.2 Å². The van der Waals surface area contributed by atoms with Gasteiger partial charge in [-0.25, -0.2) is 0 Å². The summed E-state index contributed by atoms with van der Waals surface area (Å²) in [6.45, 7) is 2.87. The van der Waals surface area contributed by atoms with Gasteiger partial charge < -0.3 is 5.32 Å². The smallest absolute Gasteiger partial charge is 0.271 e. The Balaban J connectivity index is 2.72. The van der Waals surface area contributed by atoms with Crippen molar-refractivity contribution >= 4 is 34.7 Å². The normalized spacial score (nSPS) is 12.2. The van der Waals surface area contributed by atoms with Crippen molar-refractivity contribution in [2.75, 3.05) is 18.1 Å². The van der Waals surface area contributed by atoms with E-state index in [0.29, 0.717) is 10.3 Å². The van der Waals surface area contributed by atoms with Crippen molar-refractivity contribution in [1.82, 2.24) is 0 Å². The van der Waals surface area contributed by atoms with Crippen molar-refractivity contribution in [3.05, 3.63) is 33.3 Å². The molecule has 88 valence electrons. The number of nitro benzene ring substituents is 1. The highest BCUT2D eigenvalue weighted by Gasteiger charge is 2.09. The first kappa shape index (κ1) is 13.1. The van der Waals surface area contributed by atoms with E-state index in [1.54, 1.807) is 17.8 Å². The Morgan fingerprint density at radius 1 is 1.62 bits per heavy atom. The standard InChI is InChI=1S/C10H13ClN2O2S/c1-7(16-2)6-12-10-4-3-8(13(14)15)5-9(10)11/h3-5,7,12H,6H2,1-2H3. The average molecular weight is 261 g/mol. The Labute approximate surface area is 104 Å². The van der Waals surface area contributed by atoms with Gasteiger partial charge in [-0.2, -0.15) is 11.8 Å². The monoisotopic (exact) mass is 260 g/mol. The second-order valence-corrected chi connectivity index (χ2v) is 5.03. The Morgan fingerprint density at radius 3 is 2.81 bits per heavy atom. The van der Waals surface area contributed by atoms with Crippen LogP contribution in [0.2, 0.25) is 5.02 Å². The molecule has 1 unspecified atom stereocenters. The van der Waals surface area contributed by atoms with E-state index in [-0.39, 0.29) is 5.69 Å². The fourth-order valence-electron chi connectivity index (χ4n) is 1.10. The fourth-order valence-corrected chi connectivity index (χ4v) is 1.59.